The molecule has 28 heavy (non-hydrogen) atoms. The number of nitrogens with zero attached hydrogens (tertiary/aromatic N) is 4. The first-order chi connectivity index (χ1) is 13.7. The zero-order valence-electron chi connectivity index (χ0n) is 14.4. The first-order valence-electron chi connectivity index (χ1n) is 8.41. The number of H-pyrrole nitrogens is 1. The lowest BCUT2D eigenvalue weighted by molar-refractivity contribution is 0.100. The number of pyridine rings is 1. The van der Waals surface area contributed by atoms with Crippen LogP contribution in [0.3, 0.4) is 0 Å². The molecular formula is C19H13N7OS. The molecule has 0 saturated heterocycles. The molecule has 0 fully saturated rings. The van der Waals surface area contributed by atoms with E-state index in [-0.39, 0.29) is 0 Å². The van der Waals surface area contributed by atoms with Crippen LogP contribution in [-0.4, -0.2) is 31.5 Å². The summed E-state index contributed by atoms with van der Waals surface area (Å²) in [4.78, 5) is 16.3. The molecule has 0 radical (unpaired) electrons. The van der Waals surface area contributed by atoms with E-state index in [1.54, 1.807) is 29.5 Å². The number of anilines is 2. The summed E-state index contributed by atoms with van der Waals surface area (Å²) >= 11 is 1.65. The third kappa shape index (κ3) is 2.74. The van der Waals surface area contributed by atoms with Gasteiger partial charge in [-0.25, -0.2) is 10.1 Å². The van der Waals surface area contributed by atoms with Crippen molar-refractivity contribution in [2.75, 3.05) is 5.32 Å². The summed E-state index contributed by atoms with van der Waals surface area (Å²) in [6.45, 7) is 0. The van der Waals surface area contributed by atoms with E-state index in [2.05, 4.69) is 25.9 Å². The van der Waals surface area contributed by atoms with Crippen LogP contribution in [0.1, 0.15) is 10.4 Å². The van der Waals surface area contributed by atoms with Gasteiger partial charge >= 0.3 is 0 Å². The van der Waals surface area contributed by atoms with Crippen LogP contribution in [-0.2, 0) is 0 Å². The van der Waals surface area contributed by atoms with Crippen molar-refractivity contribution in [3.63, 3.8) is 0 Å². The first kappa shape index (κ1) is 16.3. The minimum atomic E-state index is -0.471. The lowest BCUT2D eigenvalue weighted by Crippen LogP contribution is -2.10. The molecule has 0 saturated carbocycles. The molecule has 0 aliphatic heterocycles. The van der Waals surface area contributed by atoms with Crippen LogP contribution >= 0.6 is 11.3 Å². The average Bonchev–Trinajstić information content (AvgIpc) is 3.40. The molecule has 5 aromatic rings. The zero-order chi connectivity index (χ0) is 19.1. The van der Waals surface area contributed by atoms with Gasteiger partial charge in [0.2, 0.25) is 5.91 Å². The van der Waals surface area contributed by atoms with E-state index >= 15 is 0 Å². The molecule has 0 spiro atoms. The van der Waals surface area contributed by atoms with Gasteiger partial charge < -0.3 is 11.1 Å². The van der Waals surface area contributed by atoms with Crippen LogP contribution in [0, 0.1) is 0 Å². The van der Waals surface area contributed by atoms with Crippen molar-refractivity contribution in [1.29, 1.82) is 0 Å². The van der Waals surface area contributed by atoms with E-state index in [9.17, 15) is 4.79 Å². The highest BCUT2D eigenvalue weighted by Gasteiger charge is 2.12. The van der Waals surface area contributed by atoms with Crippen LogP contribution < -0.4 is 11.1 Å². The number of nitrogens with one attached hydrogen (secondary N) is 2. The van der Waals surface area contributed by atoms with Gasteiger partial charge in [-0.15, -0.1) is 16.4 Å². The van der Waals surface area contributed by atoms with E-state index in [1.807, 2.05) is 35.7 Å². The van der Waals surface area contributed by atoms with Gasteiger partial charge in [0.15, 0.2) is 5.82 Å². The topological polar surface area (TPSA) is 122 Å². The van der Waals surface area contributed by atoms with Gasteiger partial charge in [0.05, 0.1) is 5.52 Å². The number of nitrogens with two attached hydrogens (primary N) is 1. The maximum Gasteiger partial charge on any atom is 0.248 e. The van der Waals surface area contributed by atoms with Gasteiger partial charge in [0.25, 0.3) is 0 Å². The van der Waals surface area contributed by atoms with Gasteiger partial charge in [-0.3, -0.25) is 4.79 Å². The third-order valence-electron chi connectivity index (χ3n) is 4.42. The van der Waals surface area contributed by atoms with E-state index in [4.69, 9.17) is 10.7 Å². The minimum absolute atomic E-state index is 0.437. The highest BCUT2D eigenvalue weighted by Crippen LogP contribution is 2.35. The Balaban J connectivity index is 1.65. The summed E-state index contributed by atoms with van der Waals surface area (Å²) in [5.41, 5.74) is 8.23. The number of carbonyl (C=O) groups is 1. The van der Waals surface area contributed by atoms with Crippen molar-refractivity contribution < 1.29 is 4.79 Å². The molecule has 5 rings (SSSR count). The Morgan fingerprint density at radius 1 is 1.11 bits per heavy atom. The van der Waals surface area contributed by atoms with E-state index in [0.717, 1.165) is 32.2 Å². The molecule has 8 nitrogen and oxygen atoms in total. The quantitative estimate of drug-likeness (QED) is 0.434. The Bertz CT molecular complexity index is 1330. The fourth-order valence-electron chi connectivity index (χ4n) is 3.11. The SMILES string of the molecule is NC(=O)c1cccc(Nc2nc3cc(-c4nnn[nH]4)ccc3c3sccc23)c1. The van der Waals surface area contributed by atoms with Gasteiger partial charge in [0.1, 0.15) is 5.82 Å². The fraction of sp³-hybridized carbons (Fsp3) is 0. The van der Waals surface area contributed by atoms with Crippen LogP contribution in [0.15, 0.2) is 53.9 Å². The largest absolute Gasteiger partial charge is 0.366 e. The number of aromatic nitrogens is 5. The van der Waals surface area contributed by atoms with Crippen molar-refractivity contribution in [2.24, 2.45) is 5.73 Å². The molecule has 0 aliphatic carbocycles. The molecule has 136 valence electrons. The standard InChI is InChI=1S/C19H13N7OS/c20-17(27)10-2-1-3-12(8-10)21-19-14-6-7-28-16(14)13-5-4-11(9-15(13)22-19)18-23-25-26-24-18/h1-9H,(H2,20,27)(H,21,22)(H,23,24,25,26). The molecule has 0 unspecified atom stereocenters. The molecule has 1 amide bonds. The lowest BCUT2D eigenvalue weighted by Gasteiger charge is -2.10. The van der Waals surface area contributed by atoms with Gasteiger partial charge in [-0.2, -0.15) is 0 Å². The molecule has 4 N–H and O–H groups in total. The number of thiophene rings is 1. The fourth-order valence-corrected chi connectivity index (χ4v) is 4.04. The Hall–Kier alpha value is -3.85. The predicted octanol–water partition coefficient (Wildman–Crippen LogP) is 3.47. The smallest absolute Gasteiger partial charge is 0.248 e. The third-order valence-corrected chi connectivity index (χ3v) is 5.37. The van der Waals surface area contributed by atoms with Crippen molar-refractivity contribution in [3.8, 4) is 11.4 Å². The number of hydrogen-bond donors (Lipinski definition) is 3. The average molecular weight is 387 g/mol. The highest BCUT2D eigenvalue weighted by atomic mass is 32.1. The first-order valence-corrected chi connectivity index (χ1v) is 9.29. The number of carbonyl (C=O) groups excluding carboxylic acids is 1. The summed E-state index contributed by atoms with van der Waals surface area (Å²) in [5.74, 6) is 0.818. The Morgan fingerprint density at radius 2 is 2.04 bits per heavy atom. The second kappa shape index (κ2) is 6.39. The van der Waals surface area contributed by atoms with Crippen molar-refractivity contribution >= 4 is 49.7 Å². The Labute approximate surface area is 162 Å². The number of hydrogen-bond acceptors (Lipinski definition) is 7. The Kier molecular flexibility index (Phi) is 3.73. The summed E-state index contributed by atoms with van der Waals surface area (Å²) < 4.78 is 1.13. The molecule has 9 heteroatoms. The molecule has 3 heterocycles. The van der Waals surface area contributed by atoms with Crippen LogP contribution in [0.25, 0.3) is 32.4 Å². The molecule has 0 atom stereocenters. The van der Waals surface area contributed by atoms with Crippen LogP contribution in [0.5, 0.6) is 0 Å². The number of amides is 1. The summed E-state index contributed by atoms with van der Waals surface area (Å²) in [5, 5.41) is 21.4. The molecule has 0 aliphatic rings. The van der Waals surface area contributed by atoms with Crippen LogP contribution in [0.4, 0.5) is 11.5 Å². The van der Waals surface area contributed by atoms with Crippen LogP contribution in [0.2, 0.25) is 0 Å². The van der Waals surface area contributed by atoms with E-state index < -0.39 is 5.91 Å². The number of benzene rings is 2. The summed E-state index contributed by atoms with van der Waals surface area (Å²) in [7, 11) is 0. The van der Waals surface area contributed by atoms with Crippen molar-refractivity contribution in [2.45, 2.75) is 0 Å². The number of primary amides is 1. The molecular weight excluding hydrogens is 374 g/mol. The van der Waals surface area contributed by atoms with E-state index in [1.165, 1.54) is 0 Å². The minimum Gasteiger partial charge on any atom is -0.366 e. The molecule has 3 aromatic heterocycles. The number of fused-ring (bicyclic) bond motifs is 3. The predicted molar refractivity (Wildman–Crippen MR) is 109 cm³/mol. The number of aromatic amines is 1. The van der Waals surface area contributed by atoms with Gasteiger partial charge in [-0.1, -0.05) is 18.2 Å². The molecule has 0 bridgehead atoms. The number of rotatable bonds is 4. The second-order valence-corrected chi connectivity index (χ2v) is 7.09. The summed E-state index contributed by atoms with van der Waals surface area (Å²) in [6.07, 6.45) is 0. The lowest BCUT2D eigenvalue weighted by atomic mass is 10.1. The van der Waals surface area contributed by atoms with Crippen molar-refractivity contribution in [1.82, 2.24) is 25.6 Å². The molecule has 2 aromatic carbocycles. The Morgan fingerprint density at radius 3 is 2.86 bits per heavy atom. The second-order valence-electron chi connectivity index (χ2n) is 6.18. The highest BCUT2D eigenvalue weighted by molar-refractivity contribution is 7.18. The normalized spacial score (nSPS) is 11.1. The monoisotopic (exact) mass is 387 g/mol. The van der Waals surface area contributed by atoms with Crippen molar-refractivity contribution in [3.05, 3.63) is 59.5 Å². The number of tetrazole rings is 1. The summed E-state index contributed by atoms with van der Waals surface area (Å²) in [6, 6.07) is 15.0. The van der Waals surface area contributed by atoms with Gasteiger partial charge in [0, 0.05) is 32.3 Å². The maximum atomic E-state index is 11.5. The van der Waals surface area contributed by atoms with E-state index in [0.29, 0.717) is 17.2 Å². The van der Waals surface area contributed by atoms with Gasteiger partial charge in [-0.05, 0) is 46.1 Å². The maximum absolute atomic E-state index is 11.5. The zero-order valence-corrected chi connectivity index (χ0v) is 15.2.